The molecule has 0 unspecified atom stereocenters. The Labute approximate surface area is 63.1 Å². The van der Waals surface area contributed by atoms with Gasteiger partial charge in [0, 0.05) is 10.1 Å². The Hall–Kier alpha value is 0.470. The van der Waals surface area contributed by atoms with E-state index in [9.17, 15) is 9.90 Å². The van der Waals surface area contributed by atoms with Crippen LogP contribution in [0.4, 0.5) is 0 Å². The third-order valence-electron chi connectivity index (χ3n) is 0.144. The van der Waals surface area contributed by atoms with Crippen LogP contribution in [-0.4, -0.2) is 5.97 Å². The summed E-state index contributed by atoms with van der Waals surface area (Å²) in [6.07, 6.45) is -2.49. The Morgan fingerprint density at radius 1 is 2.33 bits per heavy atom. The Morgan fingerprint density at radius 3 is 2.83 bits per heavy atom. The smallest absolute Gasteiger partial charge is 0.550 e. The summed E-state index contributed by atoms with van der Waals surface area (Å²) in [7, 11) is 0. The zero-order chi connectivity index (χ0) is 6.78. The van der Waals surface area contributed by atoms with Gasteiger partial charge in [0.25, 0.3) is 0 Å². The fraction of sp³-hybridized carbons (Fsp3) is 0.667. The number of carboxylic acids is 1. The van der Waals surface area contributed by atoms with Crippen LogP contribution in [0.1, 0.15) is 17.4 Å². The molecule has 0 aromatic carbocycles. The van der Waals surface area contributed by atoms with E-state index in [2.05, 4.69) is 0 Å². The van der Waals surface area contributed by atoms with Gasteiger partial charge in [-0.2, -0.15) is 0 Å². The number of aliphatic carboxylic acids is 1. The van der Waals surface area contributed by atoms with Crippen LogP contribution in [0.3, 0.4) is 0 Å². The predicted molar refractivity (Wildman–Crippen MR) is 15.3 cm³/mol. The SMILES string of the molecule is [2H]CC([2H])([2H])C(=O)[O-].[Na+]. The van der Waals surface area contributed by atoms with Crippen molar-refractivity contribution in [1.82, 2.24) is 0 Å². The number of carbonyl (C=O) groups excluding carboxylic acids is 1. The maximum absolute atomic E-state index is 9.65. The third-order valence-corrected chi connectivity index (χ3v) is 0.144. The van der Waals surface area contributed by atoms with Gasteiger partial charge in [0.05, 0.1) is 0 Å². The zero-order valence-electron chi connectivity index (χ0n) is 6.52. The summed E-state index contributed by atoms with van der Waals surface area (Å²) in [6.45, 7) is -0.796. The molecular weight excluding hydrogens is 91.0 g/mol. The Morgan fingerprint density at radius 2 is 2.83 bits per heavy atom. The largest absolute Gasteiger partial charge is 1.00 e. The van der Waals surface area contributed by atoms with Gasteiger partial charge in [-0.3, -0.25) is 0 Å². The van der Waals surface area contributed by atoms with Crippen LogP contribution in [0.5, 0.6) is 0 Å². The average molecular weight is 99.1 g/mol. The van der Waals surface area contributed by atoms with Crippen LogP contribution < -0.4 is 34.7 Å². The molecule has 3 heteroatoms. The first-order valence-corrected chi connectivity index (χ1v) is 1.01. The van der Waals surface area contributed by atoms with Crippen molar-refractivity contribution < 1.29 is 43.6 Å². The summed E-state index contributed by atoms with van der Waals surface area (Å²) in [5.41, 5.74) is 0. The first-order chi connectivity index (χ1) is 3.50. The van der Waals surface area contributed by atoms with Gasteiger partial charge in [-0.15, -0.1) is 0 Å². The minimum absolute atomic E-state index is 0. The molecule has 0 amide bonds. The van der Waals surface area contributed by atoms with Crippen molar-refractivity contribution in [3.8, 4) is 0 Å². The Balaban J connectivity index is 0. The maximum atomic E-state index is 9.65. The standard InChI is InChI=1S/C3H6O2.Na/c1-2-3(4)5;/h2H2,1H3,(H,4,5);/q;+1/p-1/i1D,2D2;. The van der Waals surface area contributed by atoms with E-state index in [-0.39, 0.29) is 29.6 Å². The Kier molecular flexibility index (Phi) is 3.16. The molecule has 2 nitrogen and oxygen atoms in total. The molecule has 0 aromatic rings. The van der Waals surface area contributed by atoms with E-state index in [0.29, 0.717) is 0 Å². The van der Waals surface area contributed by atoms with E-state index in [1.165, 1.54) is 0 Å². The molecule has 0 radical (unpaired) electrons. The first-order valence-electron chi connectivity index (χ1n) is 2.72. The minimum Gasteiger partial charge on any atom is -0.550 e. The van der Waals surface area contributed by atoms with Crippen molar-refractivity contribution in [2.45, 2.75) is 13.3 Å². The third kappa shape index (κ3) is 8.82. The minimum atomic E-state index is -2.49. The van der Waals surface area contributed by atoms with Crippen LogP contribution in [0, 0.1) is 0 Å². The summed E-state index contributed by atoms with van der Waals surface area (Å²) in [5.74, 6) is -1.83. The van der Waals surface area contributed by atoms with Crippen LogP contribution in [0.15, 0.2) is 0 Å². The zero-order valence-corrected chi connectivity index (χ0v) is 5.52. The molecular formula is C3H5NaO2. The second-order valence-electron chi connectivity index (χ2n) is 0.464. The molecule has 0 heterocycles. The van der Waals surface area contributed by atoms with Crippen molar-refractivity contribution in [2.24, 2.45) is 0 Å². The van der Waals surface area contributed by atoms with Crippen molar-refractivity contribution in [1.29, 1.82) is 0 Å². The van der Waals surface area contributed by atoms with E-state index in [0.717, 1.165) is 0 Å². The van der Waals surface area contributed by atoms with E-state index in [1.54, 1.807) is 0 Å². The fourth-order valence-electron chi connectivity index (χ4n) is 0. The van der Waals surface area contributed by atoms with Crippen LogP contribution in [0.25, 0.3) is 0 Å². The summed E-state index contributed by atoms with van der Waals surface area (Å²) in [5, 5.41) is 9.65. The van der Waals surface area contributed by atoms with Gasteiger partial charge >= 0.3 is 29.6 Å². The molecule has 6 heavy (non-hydrogen) atoms. The van der Waals surface area contributed by atoms with Crippen LogP contribution in [0.2, 0.25) is 0 Å². The summed E-state index contributed by atoms with van der Waals surface area (Å²) in [4.78, 5) is 9.65. The van der Waals surface area contributed by atoms with Crippen molar-refractivity contribution in [3.63, 3.8) is 0 Å². The number of carboxylic acid groups (broad SMARTS) is 1. The van der Waals surface area contributed by atoms with Crippen molar-refractivity contribution in [3.05, 3.63) is 0 Å². The monoisotopic (exact) mass is 99.0 g/mol. The normalized spacial score (nSPS) is 15.7. The quantitative estimate of drug-likeness (QED) is 0.316. The van der Waals surface area contributed by atoms with E-state index in [1.807, 2.05) is 0 Å². The number of rotatable bonds is 1. The molecule has 0 fully saturated rings. The summed E-state index contributed by atoms with van der Waals surface area (Å²) < 4.78 is 19.2. The number of hydrogen-bond acceptors (Lipinski definition) is 2. The number of hydrogen-bond donors (Lipinski definition) is 0. The van der Waals surface area contributed by atoms with E-state index in [4.69, 9.17) is 4.11 Å². The molecule has 0 rings (SSSR count). The molecule has 0 saturated carbocycles. The van der Waals surface area contributed by atoms with Crippen molar-refractivity contribution >= 4 is 5.97 Å². The molecule has 0 N–H and O–H groups in total. The van der Waals surface area contributed by atoms with E-state index >= 15 is 0 Å². The molecule has 30 valence electrons. The second-order valence-corrected chi connectivity index (χ2v) is 0.464. The topological polar surface area (TPSA) is 40.1 Å². The molecule has 0 atom stereocenters. The fourth-order valence-corrected chi connectivity index (χ4v) is 0. The average Bonchev–Trinajstić information content (AvgIpc) is 1.67. The van der Waals surface area contributed by atoms with Gasteiger partial charge in [-0.25, -0.2) is 0 Å². The molecule has 0 bridgehead atoms. The summed E-state index contributed by atoms with van der Waals surface area (Å²) >= 11 is 0. The van der Waals surface area contributed by atoms with Gasteiger partial charge in [0.15, 0.2) is 0 Å². The van der Waals surface area contributed by atoms with Gasteiger partial charge in [-0.1, -0.05) is 6.90 Å². The van der Waals surface area contributed by atoms with Gasteiger partial charge in [0.1, 0.15) is 0 Å². The molecule has 0 aliphatic rings. The van der Waals surface area contributed by atoms with Crippen LogP contribution in [-0.2, 0) is 4.79 Å². The molecule has 0 aromatic heterocycles. The van der Waals surface area contributed by atoms with Gasteiger partial charge in [0.2, 0.25) is 0 Å². The predicted octanol–water partition coefficient (Wildman–Crippen LogP) is -3.85. The molecule has 0 aliphatic carbocycles. The first kappa shape index (κ1) is 3.47. The molecule has 0 saturated heterocycles. The molecule has 0 spiro atoms. The second kappa shape index (κ2) is 5.47. The van der Waals surface area contributed by atoms with Crippen molar-refractivity contribution in [2.75, 3.05) is 0 Å². The summed E-state index contributed by atoms with van der Waals surface area (Å²) in [6, 6.07) is 0. The molecule has 0 aliphatic heterocycles. The van der Waals surface area contributed by atoms with E-state index < -0.39 is 19.2 Å². The van der Waals surface area contributed by atoms with Gasteiger partial charge < -0.3 is 9.90 Å². The maximum Gasteiger partial charge on any atom is 1.00 e. The van der Waals surface area contributed by atoms with Crippen LogP contribution >= 0.6 is 0 Å². The number of carbonyl (C=O) groups is 1. The Bertz CT molecular complexity index is 105. The van der Waals surface area contributed by atoms with Gasteiger partial charge in [-0.05, 0) is 6.37 Å².